The Labute approximate surface area is 139 Å². The standard InChI is InChI=1S/C18H18FN3O2/c1-23-15-5-3-14(4-6-15)21-8-10-22(11-9-21)18-20-16-7-2-13(19)12-17(16)24-18/h2-7,12H,8-11H2,1H3. The van der Waals surface area contributed by atoms with Crippen molar-refractivity contribution in [1.29, 1.82) is 0 Å². The Hall–Kier alpha value is -2.76. The SMILES string of the molecule is COc1ccc(N2CCN(c3nc4ccc(F)cc4o3)CC2)cc1. The second-order valence-corrected chi connectivity index (χ2v) is 5.78. The summed E-state index contributed by atoms with van der Waals surface area (Å²) in [7, 11) is 1.67. The predicted molar refractivity (Wildman–Crippen MR) is 91.4 cm³/mol. The molecule has 3 aromatic rings. The molecule has 1 aliphatic heterocycles. The van der Waals surface area contributed by atoms with Crippen LogP contribution in [0.4, 0.5) is 16.1 Å². The number of methoxy groups -OCH3 is 1. The van der Waals surface area contributed by atoms with Crippen molar-refractivity contribution in [3.8, 4) is 5.75 Å². The third-order valence-corrected chi connectivity index (χ3v) is 4.33. The third-order valence-electron chi connectivity index (χ3n) is 4.33. The van der Waals surface area contributed by atoms with Gasteiger partial charge in [-0.2, -0.15) is 4.98 Å². The van der Waals surface area contributed by atoms with E-state index in [-0.39, 0.29) is 5.82 Å². The summed E-state index contributed by atoms with van der Waals surface area (Å²) in [4.78, 5) is 8.87. The molecule has 24 heavy (non-hydrogen) atoms. The van der Waals surface area contributed by atoms with Crippen LogP contribution in [0.3, 0.4) is 0 Å². The van der Waals surface area contributed by atoms with Gasteiger partial charge in [0.2, 0.25) is 0 Å². The summed E-state index contributed by atoms with van der Waals surface area (Å²) >= 11 is 0. The molecule has 4 rings (SSSR count). The van der Waals surface area contributed by atoms with Crippen LogP contribution < -0.4 is 14.5 Å². The molecule has 0 aliphatic carbocycles. The van der Waals surface area contributed by atoms with E-state index in [2.05, 4.69) is 26.9 Å². The van der Waals surface area contributed by atoms with Crippen molar-refractivity contribution in [1.82, 2.24) is 4.98 Å². The maximum absolute atomic E-state index is 13.3. The molecule has 1 aromatic heterocycles. The van der Waals surface area contributed by atoms with Crippen LogP contribution in [-0.4, -0.2) is 38.3 Å². The van der Waals surface area contributed by atoms with Gasteiger partial charge in [-0.05, 0) is 36.4 Å². The highest BCUT2D eigenvalue weighted by Crippen LogP contribution is 2.25. The fourth-order valence-corrected chi connectivity index (χ4v) is 2.97. The van der Waals surface area contributed by atoms with E-state index in [4.69, 9.17) is 9.15 Å². The first kappa shape index (κ1) is 14.8. The highest BCUT2D eigenvalue weighted by atomic mass is 19.1. The molecule has 0 saturated carbocycles. The number of rotatable bonds is 3. The molecule has 0 atom stereocenters. The van der Waals surface area contributed by atoms with E-state index in [1.807, 2.05) is 12.1 Å². The zero-order valence-electron chi connectivity index (χ0n) is 13.4. The Morgan fingerprint density at radius 2 is 1.71 bits per heavy atom. The number of fused-ring (bicyclic) bond motifs is 1. The highest BCUT2D eigenvalue weighted by molar-refractivity contribution is 5.74. The lowest BCUT2D eigenvalue weighted by Gasteiger charge is -2.35. The van der Waals surface area contributed by atoms with E-state index in [1.165, 1.54) is 17.8 Å². The molecule has 6 heteroatoms. The maximum Gasteiger partial charge on any atom is 0.298 e. The van der Waals surface area contributed by atoms with Crippen molar-refractivity contribution in [2.45, 2.75) is 0 Å². The number of oxazole rings is 1. The summed E-state index contributed by atoms with van der Waals surface area (Å²) in [6, 6.07) is 13.0. The van der Waals surface area contributed by atoms with Gasteiger partial charge in [-0.15, -0.1) is 0 Å². The Morgan fingerprint density at radius 1 is 1.00 bits per heavy atom. The molecule has 1 saturated heterocycles. The quantitative estimate of drug-likeness (QED) is 0.738. The average molecular weight is 327 g/mol. The molecule has 0 radical (unpaired) electrons. The molecule has 0 N–H and O–H groups in total. The Morgan fingerprint density at radius 3 is 2.42 bits per heavy atom. The van der Waals surface area contributed by atoms with Crippen LogP contribution in [0.5, 0.6) is 5.75 Å². The number of halogens is 1. The molecular formula is C18H18FN3O2. The largest absolute Gasteiger partial charge is 0.497 e. The van der Waals surface area contributed by atoms with Crippen LogP contribution in [0.25, 0.3) is 11.1 Å². The smallest absolute Gasteiger partial charge is 0.298 e. The van der Waals surface area contributed by atoms with Crippen molar-refractivity contribution in [3.05, 3.63) is 48.3 Å². The molecule has 0 spiro atoms. The third kappa shape index (κ3) is 2.75. The van der Waals surface area contributed by atoms with Crippen LogP contribution in [0.15, 0.2) is 46.9 Å². The molecule has 0 bridgehead atoms. The van der Waals surface area contributed by atoms with Crippen LogP contribution in [0.1, 0.15) is 0 Å². The van der Waals surface area contributed by atoms with Gasteiger partial charge in [-0.3, -0.25) is 0 Å². The van der Waals surface area contributed by atoms with Crippen molar-refractivity contribution >= 4 is 22.8 Å². The Kier molecular flexibility index (Phi) is 3.72. The monoisotopic (exact) mass is 327 g/mol. The van der Waals surface area contributed by atoms with Crippen LogP contribution >= 0.6 is 0 Å². The number of piperazine rings is 1. The van der Waals surface area contributed by atoms with E-state index in [1.54, 1.807) is 13.2 Å². The van der Waals surface area contributed by atoms with Gasteiger partial charge in [0.25, 0.3) is 6.01 Å². The van der Waals surface area contributed by atoms with Crippen molar-refractivity contribution in [3.63, 3.8) is 0 Å². The fourth-order valence-electron chi connectivity index (χ4n) is 2.97. The van der Waals surface area contributed by atoms with E-state index >= 15 is 0 Å². The molecule has 0 unspecified atom stereocenters. The molecule has 5 nitrogen and oxygen atoms in total. The maximum atomic E-state index is 13.3. The van der Waals surface area contributed by atoms with Gasteiger partial charge in [0.15, 0.2) is 5.58 Å². The minimum Gasteiger partial charge on any atom is -0.497 e. The summed E-state index contributed by atoms with van der Waals surface area (Å²) in [5, 5.41) is 0. The van der Waals surface area contributed by atoms with E-state index in [0.717, 1.165) is 31.9 Å². The molecule has 2 heterocycles. The van der Waals surface area contributed by atoms with Crippen molar-refractivity contribution in [2.24, 2.45) is 0 Å². The number of aromatic nitrogens is 1. The molecule has 1 fully saturated rings. The molecule has 1 aliphatic rings. The Bertz CT molecular complexity index is 839. The molecule has 0 amide bonds. The normalized spacial score (nSPS) is 15.1. The van der Waals surface area contributed by atoms with Gasteiger partial charge >= 0.3 is 0 Å². The van der Waals surface area contributed by atoms with Gasteiger partial charge in [0.05, 0.1) is 7.11 Å². The first-order valence-corrected chi connectivity index (χ1v) is 7.93. The van der Waals surface area contributed by atoms with Gasteiger partial charge in [0.1, 0.15) is 17.1 Å². The van der Waals surface area contributed by atoms with Crippen LogP contribution in [-0.2, 0) is 0 Å². The van der Waals surface area contributed by atoms with E-state index < -0.39 is 0 Å². The summed E-state index contributed by atoms with van der Waals surface area (Å²) in [5.41, 5.74) is 2.35. The second-order valence-electron chi connectivity index (χ2n) is 5.78. The second kappa shape index (κ2) is 6.03. The zero-order valence-corrected chi connectivity index (χ0v) is 13.4. The molecule has 124 valence electrons. The van der Waals surface area contributed by atoms with Crippen LogP contribution in [0, 0.1) is 5.82 Å². The average Bonchev–Trinajstić information content (AvgIpc) is 3.05. The topological polar surface area (TPSA) is 41.7 Å². The van der Waals surface area contributed by atoms with Crippen LogP contribution in [0.2, 0.25) is 0 Å². The summed E-state index contributed by atoms with van der Waals surface area (Å²) < 4.78 is 24.2. The lowest BCUT2D eigenvalue weighted by atomic mass is 10.2. The first-order valence-electron chi connectivity index (χ1n) is 7.93. The van der Waals surface area contributed by atoms with Gasteiger partial charge in [-0.25, -0.2) is 4.39 Å². The van der Waals surface area contributed by atoms with E-state index in [9.17, 15) is 4.39 Å². The highest BCUT2D eigenvalue weighted by Gasteiger charge is 2.21. The van der Waals surface area contributed by atoms with Gasteiger partial charge in [-0.1, -0.05) is 0 Å². The Balaban J connectivity index is 1.46. The van der Waals surface area contributed by atoms with Gasteiger partial charge in [0, 0.05) is 37.9 Å². The first-order chi connectivity index (χ1) is 11.7. The lowest BCUT2D eigenvalue weighted by molar-refractivity contribution is 0.415. The zero-order chi connectivity index (χ0) is 16.5. The number of benzene rings is 2. The lowest BCUT2D eigenvalue weighted by Crippen LogP contribution is -2.46. The summed E-state index contributed by atoms with van der Waals surface area (Å²) in [6.07, 6.45) is 0. The summed E-state index contributed by atoms with van der Waals surface area (Å²) in [5.74, 6) is 0.547. The minimum absolute atomic E-state index is 0.311. The number of hydrogen-bond acceptors (Lipinski definition) is 5. The number of ether oxygens (including phenoxy) is 1. The van der Waals surface area contributed by atoms with E-state index in [0.29, 0.717) is 17.1 Å². The fraction of sp³-hybridized carbons (Fsp3) is 0.278. The number of anilines is 2. The predicted octanol–water partition coefficient (Wildman–Crippen LogP) is 3.30. The summed E-state index contributed by atoms with van der Waals surface area (Å²) in [6.45, 7) is 3.36. The molecule has 2 aromatic carbocycles. The van der Waals surface area contributed by atoms with Gasteiger partial charge < -0.3 is 19.0 Å². The number of hydrogen-bond donors (Lipinski definition) is 0. The number of nitrogens with zero attached hydrogens (tertiary/aromatic N) is 3. The van der Waals surface area contributed by atoms with Crippen molar-refractivity contribution in [2.75, 3.05) is 43.1 Å². The minimum atomic E-state index is -0.311. The molecular weight excluding hydrogens is 309 g/mol. The van der Waals surface area contributed by atoms with Crippen molar-refractivity contribution < 1.29 is 13.5 Å².